The number of nitrogens with zero attached hydrogens (tertiary/aromatic N) is 2. The van der Waals surface area contributed by atoms with Crippen LogP contribution in [0.1, 0.15) is 0 Å². The first-order chi connectivity index (χ1) is 10.1. The lowest BCUT2D eigenvalue weighted by Gasteiger charge is -2.07. The van der Waals surface area contributed by atoms with E-state index in [1.54, 1.807) is 6.07 Å². The predicted molar refractivity (Wildman–Crippen MR) is 78.9 cm³/mol. The molecule has 2 aromatic carbocycles. The summed E-state index contributed by atoms with van der Waals surface area (Å²) in [7, 11) is 0. The van der Waals surface area contributed by atoms with Crippen LogP contribution in [0.5, 0.6) is 5.75 Å². The van der Waals surface area contributed by atoms with E-state index in [0.717, 1.165) is 11.6 Å². The number of hydrogen-bond donors (Lipinski definition) is 2. The van der Waals surface area contributed by atoms with Crippen LogP contribution < -0.4 is 5.73 Å². The van der Waals surface area contributed by atoms with Gasteiger partial charge in [0.2, 0.25) is 0 Å². The molecule has 3 N–H and O–H groups in total. The fourth-order valence-electron chi connectivity index (χ4n) is 2.06. The van der Waals surface area contributed by atoms with Crippen LogP contribution in [0.15, 0.2) is 54.6 Å². The number of hydrogen-bond acceptors (Lipinski definition) is 4. The largest absolute Gasteiger partial charge is 0.508 e. The fraction of sp³-hybridized carbons (Fsp3) is 0. The van der Waals surface area contributed by atoms with Crippen molar-refractivity contribution in [3.63, 3.8) is 0 Å². The summed E-state index contributed by atoms with van der Waals surface area (Å²) in [6.07, 6.45) is 0. The number of nitrogens with two attached hydrogens (primary N) is 1. The van der Waals surface area contributed by atoms with Gasteiger partial charge >= 0.3 is 0 Å². The van der Waals surface area contributed by atoms with Gasteiger partial charge < -0.3 is 10.8 Å². The molecule has 0 unspecified atom stereocenters. The average molecular weight is 281 g/mol. The molecule has 0 saturated carbocycles. The number of halogens is 1. The molecule has 4 nitrogen and oxygen atoms in total. The van der Waals surface area contributed by atoms with Gasteiger partial charge in [0.05, 0.1) is 5.69 Å². The summed E-state index contributed by atoms with van der Waals surface area (Å²) >= 11 is 0. The van der Waals surface area contributed by atoms with Crippen molar-refractivity contribution in [2.45, 2.75) is 0 Å². The van der Waals surface area contributed by atoms with E-state index in [9.17, 15) is 9.50 Å². The molecule has 21 heavy (non-hydrogen) atoms. The SMILES string of the molecule is Nc1cc(-c2ccccc2)nc(-c2cc(O)cc(F)c2)n1. The minimum atomic E-state index is -0.558. The molecule has 104 valence electrons. The first-order valence-electron chi connectivity index (χ1n) is 6.32. The maximum absolute atomic E-state index is 13.4. The molecule has 0 bridgehead atoms. The molecule has 0 aliphatic heterocycles. The van der Waals surface area contributed by atoms with Gasteiger partial charge in [0.15, 0.2) is 5.82 Å². The zero-order chi connectivity index (χ0) is 14.8. The molecule has 0 saturated heterocycles. The quantitative estimate of drug-likeness (QED) is 0.756. The number of phenols is 1. The van der Waals surface area contributed by atoms with Crippen LogP contribution >= 0.6 is 0 Å². The van der Waals surface area contributed by atoms with Gasteiger partial charge in [-0.05, 0) is 12.1 Å². The summed E-state index contributed by atoms with van der Waals surface area (Å²) in [6, 6.07) is 14.8. The maximum atomic E-state index is 13.4. The first kappa shape index (κ1) is 13.1. The van der Waals surface area contributed by atoms with E-state index in [1.165, 1.54) is 12.1 Å². The number of nitrogen functional groups attached to an aromatic ring is 1. The van der Waals surface area contributed by atoms with Crippen molar-refractivity contribution in [2.75, 3.05) is 5.73 Å². The molecule has 0 radical (unpaired) electrons. The molecule has 0 atom stereocenters. The van der Waals surface area contributed by atoms with Crippen LogP contribution in [-0.4, -0.2) is 15.1 Å². The summed E-state index contributed by atoms with van der Waals surface area (Å²) in [6.45, 7) is 0. The zero-order valence-electron chi connectivity index (χ0n) is 11.0. The Morgan fingerprint density at radius 2 is 1.67 bits per heavy atom. The molecular weight excluding hydrogens is 269 g/mol. The number of aromatic hydroxyl groups is 1. The Balaban J connectivity index is 2.14. The lowest BCUT2D eigenvalue weighted by atomic mass is 10.1. The van der Waals surface area contributed by atoms with Gasteiger partial charge in [-0.2, -0.15) is 0 Å². The molecule has 0 aliphatic carbocycles. The van der Waals surface area contributed by atoms with Crippen molar-refractivity contribution in [1.82, 2.24) is 9.97 Å². The van der Waals surface area contributed by atoms with Crippen molar-refractivity contribution in [3.8, 4) is 28.4 Å². The summed E-state index contributed by atoms with van der Waals surface area (Å²) < 4.78 is 13.4. The second-order valence-corrected chi connectivity index (χ2v) is 4.57. The Bertz CT molecular complexity index is 771. The Morgan fingerprint density at radius 3 is 2.38 bits per heavy atom. The third kappa shape index (κ3) is 2.81. The Kier molecular flexibility index (Phi) is 3.23. The standard InChI is InChI=1S/C16H12FN3O/c17-12-6-11(7-13(21)8-12)16-19-14(9-15(18)20-16)10-4-2-1-3-5-10/h1-9,21H,(H2,18,19,20). The summed E-state index contributed by atoms with van der Waals surface area (Å²) in [4.78, 5) is 8.49. The van der Waals surface area contributed by atoms with Crippen molar-refractivity contribution in [1.29, 1.82) is 0 Å². The minimum Gasteiger partial charge on any atom is -0.508 e. The number of anilines is 1. The van der Waals surface area contributed by atoms with Gasteiger partial charge in [0.25, 0.3) is 0 Å². The van der Waals surface area contributed by atoms with E-state index in [2.05, 4.69) is 9.97 Å². The smallest absolute Gasteiger partial charge is 0.162 e. The predicted octanol–water partition coefficient (Wildman–Crippen LogP) is 3.24. The van der Waals surface area contributed by atoms with E-state index in [0.29, 0.717) is 11.3 Å². The van der Waals surface area contributed by atoms with Gasteiger partial charge in [-0.1, -0.05) is 30.3 Å². The fourth-order valence-corrected chi connectivity index (χ4v) is 2.06. The van der Waals surface area contributed by atoms with Crippen molar-refractivity contribution in [3.05, 3.63) is 60.4 Å². The highest BCUT2D eigenvalue weighted by atomic mass is 19.1. The summed E-state index contributed by atoms with van der Waals surface area (Å²) in [5.74, 6) is -0.194. The highest BCUT2D eigenvalue weighted by molar-refractivity contribution is 5.67. The molecule has 0 aliphatic rings. The monoisotopic (exact) mass is 281 g/mol. The van der Waals surface area contributed by atoms with Gasteiger partial charge in [-0.15, -0.1) is 0 Å². The Morgan fingerprint density at radius 1 is 0.905 bits per heavy atom. The number of benzene rings is 2. The number of aromatic nitrogens is 2. The minimum absolute atomic E-state index is 0.183. The van der Waals surface area contributed by atoms with Crippen molar-refractivity contribution in [2.24, 2.45) is 0 Å². The first-order valence-corrected chi connectivity index (χ1v) is 6.32. The molecule has 5 heteroatoms. The lowest BCUT2D eigenvalue weighted by Crippen LogP contribution is -1.98. The molecule has 0 fully saturated rings. The second kappa shape index (κ2) is 5.20. The highest BCUT2D eigenvalue weighted by Gasteiger charge is 2.09. The normalized spacial score (nSPS) is 10.5. The third-order valence-electron chi connectivity index (χ3n) is 2.96. The van der Waals surface area contributed by atoms with E-state index in [-0.39, 0.29) is 17.4 Å². The van der Waals surface area contributed by atoms with Crippen LogP contribution in [-0.2, 0) is 0 Å². The Labute approximate surface area is 120 Å². The molecule has 0 spiro atoms. The van der Waals surface area contributed by atoms with Crippen LogP contribution in [0.3, 0.4) is 0 Å². The van der Waals surface area contributed by atoms with E-state index in [4.69, 9.17) is 5.73 Å². The van der Waals surface area contributed by atoms with Crippen molar-refractivity contribution < 1.29 is 9.50 Å². The van der Waals surface area contributed by atoms with E-state index >= 15 is 0 Å². The highest BCUT2D eigenvalue weighted by Crippen LogP contribution is 2.26. The van der Waals surface area contributed by atoms with Gasteiger partial charge in [-0.25, -0.2) is 14.4 Å². The van der Waals surface area contributed by atoms with Crippen molar-refractivity contribution >= 4 is 5.82 Å². The molecule has 1 heterocycles. The lowest BCUT2D eigenvalue weighted by molar-refractivity contribution is 0.469. The maximum Gasteiger partial charge on any atom is 0.162 e. The zero-order valence-corrected chi connectivity index (χ0v) is 11.0. The molecule has 3 aromatic rings. The summed E-state index contributed by atoms with van der Waals surface area (Å²) in [5.41, 5.74) is 7.70. The van der Waals surface area contributed by atoms with Crippen LogP contribution in [0, 0.1) is 5.82 Å². The van der Waals surface area contributed by atoms with Gasteiger partial charge in [-0.3, -0.25) is 0 Å². The van der Waals surface area contributed by atoms with Crippen LogP contribution in [0.2, 0.25) is 0 Å². The van der Waals surface area contributed by atoms with Crippen LogP contribution in [0.25, 0.3) is 22.6 Å². The molecule has 3 rings (SSSR count). The second-order valence-electron chi connectivity index (χ2n) is 4.57. The number of phenolic OH excluding ortho intramolecular Hbond substituents is 1. The molecular formula is C16H12FN3O. The topological polar surface area (TPSA) is 72.0 Å². The van der Waals surface area contributed by atoms with E-state index in [1.807, 2.05) is 30.3 Å². The van der Waals surface area contributed by atoms with E-state index < -0.39 is 5.82 Å². The van der Waals surface area contributed by atoms with Gasteiger partial charge in [0, 0.05) is 23.3 Å². The van der Waals surface area contributed by atoms with Crippen LogP contribution in [0.4, 0.5) is 10.2 Å². The number of rotatable bonds is 2. The average Bonchev–Trinajstić information content (AvgIpc) is 2.46. The molecule has 0 amide bonds. The molecule has 1 aromatic heterocycles. The summed E-state index contributed by atoms with van der Waals surface area (Å²) in [5, 5.41) is 9.48. The van der Waals surface area contributed by atoms with Gasteiger partial charge in [0.1, 0.15) is 17.4 Å². The Hall–Kier alpha value is -2.95. The third-order valence-corrected chi connectivity index (χ3v) is 2.96.